The number of carbonyl (C=O) groups is 3. The highest BCUT2D eigenvalue weighted by atomic mass is 28.4. The number of carboxylic acids is 1. The van der Waals surface area contributed by atoms with Crippen LogP contribution in [0.1, 0.15) is 39.2 Å². The van der Waals surface area contributed by atoms with Gasteiger partial charge in [-0.1, -0.05) is 112 Å². The molecular weight excluding hydrogens is 522 g/mol. The molecule has 0 saturated carbocycles. The summed E-state index contributed by atoms with van der Waals surface area (Å²) in [7, 11) is -2.86. The summed E-state index contributed by atoms with van der Waals surface area (Å²) in [6.45, 7) is 6.73. The van der Waals surface area contributed by atoms with E-state index in [2.05, 4.69) is 45.0 Å². The maximum atomic E-state index is 13.7. The van der Waals surface area contributed by atoms with Gasteiger partial charge >= 0.3 is 12.1 Å². The van der Waals surface area contributed by atoms with Gasteiger partial charge < -0.3 is 14.3 Å². The zero-order valence-corrected chi connectivity index (χ0v) is 24.3. The van der Waals surface area contributed by atoms with Gasteiger partial charge in [0.2, 0.25) is 5.91 Å². The van der Waals surface area contributed by atoms with Gasteiger partial charge in [-0.25, -0.2) is 9.69 Å². The minimum atomic E-state index is -2.86. The molecule has 1 aliphatic rings. The standard InChI is InChI=1S/C32H37NO6Si/c1-32(2,3)40(27-15-9-5-10-16-27,28-17-11-6-12-18-28)39-20-19-25(22-29(34)35)30(36)33-26(23-38-31(33)37)21-24-13-7-4-8-14-24/h4-18,25-26H,19-23H2,1-3H3,(H,34,35)/t25?,26-/m0/s1. The van der Waals surface area contributed by atoms with E-state index < -0.39 is 44.7 Å². The van der Waals surface area contributed by atoms with Crippen LogP contribution in [0.25, 0.3) is 0 Å². The lowest BCUT2D eigenvalue weighted by Crippen LogP contribution is -2.66. The number of hydrogen-bond acceptors (Lipinski definition) is 5. The number of hydrogen-bond donors (Lipinski definition) is 1. The Balaban J connectivity index is 1.59. The van der Waals surface area contributed by atoms with E-state index in [4.69, 9.17) is 9.16 Å². The molecule has 7 nitrogen and oxygen atoms in total. The van der Waals surface area contributed by atoms with E-state index >= 15 is 0 Å². The third-order valence-electron chi connectivity index (χ3n) is 7.48. The monoisotopic (exact) mass is 559 g/mol. The summed E-state index contributed by atoms with van der Waals surface area (Å²) in [5.41, 5.74) is 0.966. The molecule has 210 valence electrons. The van der Waals surface area contributed by atoms with Gasteiger partial charge in [-0.2, -0.15) is 0 Å². The quantitative estimate of drug-likeness (QED) is 0.344. The lowest BCUT2D eigenvalue weighted by molar-refractivity contribution is -0.144. The van der Waals surface area contributed by atoms with Crippen molar-refractivity contribution >= 4 is 36.7 Å². The van der Waals surface area contributed by atoms with Crippen LogP contribution in [0.5, 0.6) is 0 Å². The number of ether oxygens (including phenoxy) is 1. The maximum absolute atomic E-state index is 13.7. The fourth-order valence-electron chi connectivity index (χ4n) is 5.60. The molecule has 0 spiro atoms. The molecule has 3 aromatic carbocycles. The molecule has 40 heavy (non-hydrogen) atoms. The van der Waals surface area contributed by atoms with Crippen LogP contribution in [0, 0.1) is 5.92 Å². The van der Waals surface area contributed by atoms with E-state index in [1.165, 1.54) is 0 Å². The summed E-state index contributed by atoms with van der Waals surface area (Å²) >= 11 is 0. The highest BCUT2D eigenvalue weighted by Gasteiger charge is 2.50. The second-order valence-corrected chi connectivity index (χ2v) is 15.5. The minimum absolute atomic E-state index is 0.0812. The lowest BCUT2D eigenvalue weighted by atomic mass is 9.98. The van der Waals surface area contributed by atoms with Crippen LogP contribution >= 0.6 is 0 Å². The van der Waals surface area contributed by atoms with Crippen molar-refractivity contribution in [2.24, 2.45) is 5.92 Å². The molecule has 1 saturated heterocycles. The molecule has 1 N–H and O–H groups in total. The first kappa shape index (κ1) is 29.2. The van der Waals surface area contributed by atoms with Crippen LogP contribution in [0.2, 0.25) is 5.04 Å². The predicted octanol–water partition coefficient (Wildman–Crippen LogP) is 4.63. The van der Waals surface area contributed by atoms with Gasteiger partial charge in [0, 0.05) is 6.61 Å². The highest BCUT2D eigenvalue weighted by molar-refractivity contribution is 6.99. The van der Waals surface area contributed by atoms with Crippen LogP contribution in [0.15, 0.2) is 91.0 Å². The lowest BCUT2D eigenvalue weighted by Gasteiger charge is -2.43. The van der Waals surface area contributed by atoms with Crippen molar-refractivity contribution in [3.8, 4) is 0 Å². The number of aliphatic carboxylic acids is 1. The number of carbonyl (C=O) groups excluding carboxylic acids is 2. The normalized spacial score (nSPS) is 16.4. The van der Waals surface area contributed by atoms with Crippen LogP contribution in [-0.2, 0) is 25.2 Å². The highest BCUT2D eigenvalue weighted by Crippen LogP contribution is 2.37. The summed E-state index contributed by atoms with van der Waals surface area (Å²) in [5.74, 6) is -2.56. The first-order valence-corrected chi connectivity index (χ1v) is 15.5. The number of nitrogens with zero attached hydrogens (tertiary/aromatic N) is 1. The number of rotatable bonds is 11. The number of amides is 2. The SMILES string of the molecule is CC(C)(C)[Si](OCCC(CC(=O)O)C(=O)N1C(=O)OC[C@@H]1Cc1ccccc1)(c1ccccc1)c1ccccc1. The summed E-state index contributed by atoms with van der Waals surface area (Å²) in [5, 5.41) is 11.6. The van der Waals surface area contributed by atoms with Crippen LogP contribution in [0.4, 0.5) is 4.79 Å². The van der Waals surface area contributed by atoms with Gasteiger partial charge in [0.25, 0.3) is 8.32 Å². The Morgan fingerprint density at radius 3 is 1.98 bits per heavy atom. The zero-order chi connectivity index (χ0) is 28.8. The molecule has 2 atom stereocenters. The van der Waals surface area contributed by atoms with Gasteiger partial charge in [-0.3, -0.25) is 9.59 Å². The Hall–Kier alpha value is -3.75. The molecular formula is C32H37NO6Si. The van der Waals surface area contributed by atoms with E-state index in [-0.39, 0.29) is 24.7 Å². The summed E-state index contributed by atoms with van der Waals surface area (Å²) in [4.78, 5) is 39.3. The molecule has 2 amide bonds. The van der Waals surface area contributed by atoms with Crippen molar-refractivity contribution in [1.29, 1.82) is 0 Å². The third-order valence-corrected chi connectivity index (χ3v) is 12.5. The Kier molecular flexibility index (Phi) is 9.22. The van der Waals surface area contributed by atoms with Gasteiger partial charge in [-0.15, -0.1) is 0 Å². The van der Waals surface area contributed by atoms with Crippen molar-refractivity contribution in [3.63, 3.8) is 0 Å². The summed E-state index contributed by atoms with van der Waals surface area (Å²) in [6.07, 6.45) is -0.520. The smallest absolute Gasteiger partial charge is 0.416 e. The van der Waals surface area contributed by atoms with Gasteiger partial charge in [0.1, 0.15) is 6.61 Å². The van der Waals surface area contributed by atoms with Gasteiger partial charge in [0.05, 0.1) is 18.4 Å². The van der Waals surface area contributed by atoms with Crippen molar-refractivity contribution < 1.29 is 28.7 Å². The van der Waals surface area contributed by atoms with Crippen LogP contribution < -0.4 is 10.4 Å². The second-order valence-electron chi connectivity index (χ2n) is 11.2. The number of carboxylic acid groups (broad SMARTS) is 1. The number of cyclic esters (lactones) is 1. The molecule has 1 unspecified atom stereocenters. The molecule has 0 bridgehead atoms. The zero-order valence-electron chi connectivity index (χ0n) is 23.3. The second kappa shape index (κ2) is 12.6. The van der Waals surface area contributed by atoms with Crippen molar-refractivity contribution in [1.82, 2.24) is 4.90 Å². The first-order chi connectivity index (χ1) is 19.1. The molecule has 0 radical (unpaired) electrons. The average molecular weight is 560 g/mol. The van der Waals surface area contributed by atoms with Crippen molar-refractivity contribution in [2.75, 3.05) is 13.2 Å². The van der Waals surface area contributed by atoms with E-state index in [1.807, 2.05) is 66.7 Å². The largest absolute Gasteiger partial charge is 0.481 e. The van der Waals surface area contributed by atoms with E-state index in [0.29, 0.717) is 6.42 Å². The number of benzene rings is 3. The molecule has 1 aliphatic heterocycles. The van der Waals surface area contributed by atoms with Crippen LogP contribution in [-0.4, -0.2) is 55.5 Å². The first-order valence-electron chi connectivity index (χ1n) is 13.6. The Bertz CT molecular complexity index is 1250. The predicted molar refractivity (Wildman–Crippen MR) is 156 cm³/mol. The van der Waals surface area contributed by atoms with Crippen LogP contribution in [0.3, 0.4) is 0 Å². The molecule has 0 aliphatic carbocycles. The Morgan fingerprint density at radius 1 is 0.950 bits per heavy atom. The molecule has 8 heteroatoms. The molecule has 0 aromatic heterocycles. The van der Waals surface area contributed by atoms with Gasteiger partial charge in [-0.05, 0) is 33.8 Å². The molecule has 1 heterocycles. The summed E-state index contributed by atoms with van der Waals surface area (Å²) in [6, 6.07) is 29.3. The fourth-order valence-corrected chi connectivity index (χ4v) is 10.2. The maximum Gasteiger partial charge on any atom is 0.416 e. The van der Waals surface area contributed by atoms with Crippen molar-refractivity contribution in [2.45, 2.75) is 51.1 Å². The fraction of sp³-hybridized carbons (Fsp3) is 0.344. The number of imide groups is 1. The molecule has 4 rings (SSSR count). The van der Waals surface area contributed by atoms with E-state index in [1.54, 1.807) is 0 Å². The Morgan fingerprint density at radius 2 is 1.48 bits per heavy atom. The van der Waals surface area contributed by atoms with E-state index in [0.717, 1.165) is 20.8 Å². The van der Waals surface area contributed by atoms with E-state index in [9.17, 15) is 19.5 Å². The molecule has 3 aromatic rings. The van der Waals surface area contributed by atoms with Crippen molar-refractivity contribution in [3.05, 3.63) is 96.6 Å². The van der Waals surface area contributed by atoms with Gasteiger partial charge in [0.15, 0.2) is 0 Å². The average Bonchev–Trinajstić information content (AvgIpc) is 3.30. The third kappa shape index (κ3) is 6.34. The Labute approximate surface area is 236 Å². The minimum Gasteiger partial charge on any atom is -0.481 e. The topological polar surface area (TPSA) is 93.1 Å². The molecule has 1 fully saturated rings. The summed E-state index contributed by atoms with van der Waals surface area (Å²) < 4.78 is 12.1.